The fraction of sp³-hybridized carbons (Fsp3) is 0.250. The van der Waals surface area contributed by atoms with Crippen LogP contribution in [0.3, 0.4) is 0 Å². The molecule has 0 aromatic heterocycles. The Morgan fingerprint density at radius 2 is 0.828 bits per heavy atom. The summed E-state index contributed by atoms with van der Waals surface area (Å²) in [5, 5.41) is 0. The van der Waals surface area contributed by atoms with Gasteiger partial charge in [-0.3, -0.25) is 9.11 Å². The highest BCUT2D eigenvalue weighted by molar-refractivity contribution is 7.86. The normalized spacial score (nSPS) is 11.7. The molecule has 13 heteroatoms. The van der Waals surface area contributed by atoms with Crippen molar-refractivity contribution < 1.29 is 49.6 Å². The van der Waals surface area contributed by atoms with Crippen LogP contribution in [0.5, 0.6) is 34.5 Å². The van der Waals surface area contributed by atoms with E-state index in [-0.39, 0.29) is 23.0 Å². The van der Waals surface area contributed by atoms with Gasteiger partial charge in [0.2, 0.25) is 0 Å². The second kappa shape index (κ2) is 8.32. The Morgan fingerprint density at radius 1 is 0.552 bits per heavy atom. The van der Waals surface area contributed by atoms with E-state index in [1.165, 1.54) is 28.4 Å². The molecule has 0 radical (unpaired) electrons. The summed E-state index contributed by atoms with van der Waals surface area (Å²) >= 11 is 0. The monoisotopic (exact) mass is 450 g/mol. The van der Waals surface area contributed by atoms with Gasteiger partial charge in [0.05, 0.1) is 28.4 Å². The Labute approximate surface area is 167 Å². The summed E-state index contributed by atoms with van der Waals surface area (Å²) in [5.74, 6) is -0.998. The molecule has 160 valence electrons. The second-order valence-corrected chi connectivity index (χ2v) is 8.14. The number of hydrogen-bond acceptors (Lipinski definition) is 9. The molecule has 29 heavy (non-hydrogen) atoms. The van der Waals surface area contributed by atoms with Crippen molar-refractivity contribution in [3.8, 4) is 34.5 Å². The SMILES string of the molecule is COc1cc(Oc2cc(OC)c(OC)cc2S(=O)(=O)O)c(S(=O)(=O)O)cc1OC. The molecule has 0 unspecified atom stereocenters. The van der Waals surface area contributed by atoms with E-state index in [0.717, 1.165) is 24.3 Å². The highest BCUT2D eigenvalue weighted by Crippen LogP contribution is 2.43. The molecule has 0 fully saturated rings. The second-order valence-electron chi connectivity index (χ2n) is 5.36. The predicted molar refractivity (Wildman–Crippen MR) is 98.8 cm³/mol. The van der Waals surface area contributed by atoms with E-state index in [0.29, 0.717) is 0 Å². The molecule has 0 bridgehead atoms. The maximum Gasteiger partial charge on any atom is 0.298 e. The largest absolute Gasteiger partial charge is 0.493 e. The molecular weight excluding hydrogens is 432 g/mol. The first-order valence-electron chi connectivity index (χ1n) is 7.61. The van der Waals surface area contributed by atoms with Crippen LogP contribution in [0.4, 0.5) is 0 Å². The maximum atomic E-state index is 11.8. The van der Waals surface area contributed by atoms with Gasteiger partial charge in [-0.2, -0.15) is 16.8 Å². The molecular formula is C16H18O11S2. The molecule has 0 heterocycles. The Hall–Kier alpha value is -2.74. The summed E-state index contributed by atoms with van der Waals surface area (Å²) in [5.41, 5.74) is 0. The number of methoxy groups -OCH3 is 4. The van der Waals surface area contributed by atoms with Crippen molar-refractivity contribution in [2.24, 2.45) is 0 Å². The Kier molecular flexibility index (Phi) is 6.47. The lowest BCUT2D eigenvalue weighted by Gasteiger charge is -2.17. The van der Waals surface area contributed by atoms with Gasteiger partial charge in [0.25, 0.3) is 20.2 Å². The molecule has 11 nitrogen and oxygen atoms in total. The molecule has 0 aliphatic carbocycles. The zero-order valence-electron chi connectivity index (χ0n) is 15.7. The van der Waals surface area contributed by atoms with Crippen LogP contribution in [-0.2, 0) is 20.2 Å². The Balaban J connectivity index is 2.79. The zero-order valence-corrected chi connectivity index (χ0v) is 17.3. The summed E-state index contributed by atoms with van der Waals surface area (Å²) in [6.07, 6.45) is 0. The summed E-state index contributed by atoms with van der Waals surface area (Å²) < 4.78 is 91.7. The third-order valence-corrected chi connectivity index (χ3v) is 5.43. The van der Waals surface area contributed by atoms with Gasteiger partial charge in [-0.1, -0.05) is 0 Å². The zero-order chi connectivity index (χ0) is 22.0. The fourth-order valence-electron chi connectivity index (χ4n) is 2.36. The average molecular weight is 450 g/mol. The third-order valence-electron chi connectivity index (χ3n) is 3.68. The summed E-state index contributed by atoms with van der Waals surface area (Å²) in [7, 11) is -4.59. The molecule has 0 saturated carbocycles. The molecule has 0 atom stereocenters. The van der Waals surface area contributed by atoms with E-state index in [1.54, 1.807) is 0 Å². The van der Waals surface area contributed by atoms with Crippen molar-refractivity contribution in [1.82, 2.24) is 0 Å². The molecule has 2 aromatic rings. The van der Waals surface area contributed by atoms with Crippen LogP contribution in [-0.4, -0.2) is 54.4 Å². The standard InChI is InChI=1S/C16H18O11S2/c1-23-9-5-13(15(28(17,18)19)7-11(9)25-3)27-14-6-10(24-2)12(26-4)8-16(14)29(20,21)22/h5-8H,1-4H3,(H,17,18,19)(H,20,21,22). The van der Waals surface area contributed by atoms with Crippen molar-refractivity contribution >= 4 is 20.2 Å². The lowest BCUT2D eigenvalue weighted by atomic mass is 10.2. The summed E-state index contributed by atoms with van der Waals surface area (Å²) in [6.45, 7) is 0. The van der Waals surface area contributed by atoms with Crippen molar-refractivity contribution in [1.29, 1.82) is 0 Å². The number of hydrogen-bond donors (Lipinski definition) is 2. The van der Waals surface area contributed by atoms with Gasteiger partial charge in [0, 0.05) is 24.3 Å². The molecule has 2 rings (SSSR count). The van der Waals surface area contributed by atoms with Gasteiger partial charge in [-0.15, -0.1) is 0 Å². The van der Waals surface area contributed by atoms with Crippen molar-refractivity contribution in [3.63, 3.8) is 0 Å². The van der Waals surface area contributed by atoms with Crippen LogP contribution in [0.15, 0.2) is 34.1 Å². The van der Waals surface area contributed by atoms with Crippen molar-refractivity contribution in [2.75, 3.05) is 28.4 Å². The summed E-state index contributed by atoms with van der Waals surface area (Å²) in [4.78, 5) is -1.46. The molecule has 2 aromatic carbocycles. The van der Waals surface area contributed by atoms with E-state index < -0.39 is 41.5 Å². The first-order chi connectivity index (χ1) is 13.5. The van der Waals surface area contributed by atoms with Crippen LogP contribution in [0.1, 0.15) is 0 Å². The van der Waals surface area contributed by atoms with Crippen LogP contribution >= 0.6 is 0 Å². The highest BCUT2D eigenvalue weighted by Gasteiger charge is 2.26. The van der Waals surface area contributed by atoms with Crippen LogP contribution in [0, 0.1) is 0 Å². The topological polar surface area (TPSA) is 155 Å². The van der Waals surface area contributed by atoms with Gasteiger partial charge in [0.1, 0.15) is 9.79 Å². The van der Waals surface area contributed by atoms with Crippen LogP contribution in [0.2, 0.25) is 0 Å². The number of rotatable bonds is 8. The van der Waals surface area contributed by atoms with E-state index in [9.17, 15) is 25.9 Å². The lowest BCUT2D eigenvalue weighted by molar-refractivity contribution is 0.343. The average Bonchev–Trinajstić information content (AvgIpc) is 2.65. The van der Waals surface area contributed by atoms with Gasteiger partial charge in [-0.05, 0) is 0 Å². The minimum atomic E-state index is -4.82. The minimum Gasteiger partial charge on any atom is -0.493 e. The van der Waals surface area contributed by atoms with Gasteiger partial charge >= 0.3 is 0 Å². The van der Waals surface area contributed by atoms with Crippen LogP contribution < -0.4 is 23.7 Å². The Morgan fingerprint density at radius 3 is 1.07 bits per heavy atom. The highest BCUT2D eigenvalue weighted by atomic mass is 32.2. The molecule has 0 saturated heterocycles. The predicted octanol–water partition coefficient (Wildman–Crippen LogP) is 2.01. The van der Waals surface area contributed by atoms with E-state index in [4.69, 9.17) is 23.7 Å². The van der Waals surface area contributed by atoms with Crippen LogP contribution in [0.25, 0.3) is 0 Å². The van der Waals surface area contributed by atoms with Gasteiger partial charge in [0.15, 0.2) is 34.5 Å². The molecule has 2 N–H and O–H groups in total. The van der Waals surface area contributed by atoms with E-state index in [1.807, 2.05) is 0 Å². The molecule has 0 aliphatic heterocycles. The first kappa shape index (κ1) is 22.5. The first-order valence-corrected chi connectivity index (χ1v) is 10.5. The quantitative estimate of drug-likeness (QED) is 0.567. The van der Waals surface area contributed by atoms with Crippen molar-refractivity contribution in [2.45, 2.75) is 9.79 Å². The third kappa shape index (κ3) is 4.82. The Bertz CT molecular complexity index is 1030. The smallest absolute Gasteiger partial charge is 0.298 e. The molecule has 0 spiro atoms. The minimum absolute atomic E-state index is 0.0313. The molecule has 0 aliphatic rings. The van der Waals surface area contributed by atoms with Gasteiger partial charge < -0.3 is 23.7 Å². The molecule has 0 amide bonds. The van der Waals surface area contributed by atoms with E-state index >= 15 is 0 Å². The fourth-order valence-corrected chi connectivity index (χ4v) is 3.59. The maximum absolute atomic E-state index is 11.8. The number of ether oxygens (including phenoxy) is 5. The van der Waals surface area contributed by atoms with E-state index in [2.05, 4.69) is 0 Å². The number of benzene rings is 2. The summed E-state index contributed by atoms with van der Waals surface area (Å²) in [6, 6.07) is 3.98. The van der Waals surface area contributed by atoms with Gasteiger partial charge in [-0.25, -0.2) is 0 Å². The van der Waals surface area contributed by atoms with Crippen molar-refractivity contribution in [3.05, 3.63) is 24.3 Å². The lowest BCUT2D eigenvalue weighted by Crippen LogP contribution is -2.06.